The standard InChI is InChI=1S/C20H18N4O6/c1-13(25)29-17-7-3-5-15(9-17)11-21-23-19(27)20(28)24-22-12-16-6-4-8-18(10-16)30-14(2)26/h3-12H,1-2H3,(H,23,27)(H,24,28)/b21-11-,22-12-. The van der Waals surface area contributed by atoms with E-state index in [0.717, 1.165) is 0 Å². The van der Waals surface area contributed by atoms with Crippen LogP contribution in [0.1, 0.15) is 25.0 Å². The third-order valence-corrected chi connectivity index (χ3v) is 3.21. The fourth-order valence-electron chi connectivity index (χ4n) is 2.08. The molecule has 0 saturated heterocycles. The van der Waals surface area contributed by atoms with Crippen molar-refractivity contribution in [3.63, 3.8) is 0 Å². The predicted molar refractivity (Wildman–Crippen MR) is 107 cm³/mol. The Morgan fingerprint density at radius 3 is 1.50 bits per heavy atom. The number of ether oxygens (including phenoxy) is 2. The Bertz CT molecular complexity index is 934. The molecule has 2 rings (SSSR count). The van der Waals surface area contributed by atoms with Gasteiger partial charge in [-0.3, -0.25) is 19.2 Å². The van der Waals surface area contributed by atoms with E-state index < -0.39 is 23.8 Å². The van der Waals surface area contributed by atoms with Crippen LogP contribution in [0, 0.1) is 0 Å². The first kappa shape index (κ1) is 22.0. The molecule has 0 aliphatic rings. The van der Waals surface area contributed by atoms with Crippen LogP contribution >= 0.6 is 0 Å². The number of carbonyl (C=O) groups is 4. The lowest BCUT2D eigenvalue weighted by molar-refractivity contribution is -0.139. The summed E-state index contributed by atoms with van der Waals surface area (Å²) in [6.45, 7) is 2.55. The fraction of sp³-hybridized carbons (Fsp3) is 0.100. The molecule has 0 aromatic heterocycles. The summed E-state index contributed by atoms with van der Waals surface area (Å²) in [6.07, 6.45) is 2.56. The van der Waals surface area contributed by atoms with Gasteiger partial charge in [-0.2, -0.15) is 10.2 Å². The molecule has 0 aliphatic heterocycles. The monoisotopic (exact) mass is 410 g/mol. The Kier molecular flexibility index (Phi) is 7.94. The smallest absolute Gasteiger partial charge is 0.331 e. The van der Waals surface area contributed by atoms with Crippen molar-refractivity contribution in [2.75, 3.05) is 0 Å². The van der Waals surface area contributed by atoms with Crippen LogP contribution in [0.5, 0.6) is 11.5 Å². The molecular weight excluding hydrogens is 392 g/mol. The maximum Gasteiger partial charge on any atom is 0.331 e. The maximum atomic E-state index is 11.7. The molecule has 0 heterocycles. The largest absolute Gasteiger partial charge is 0.427 e. The summed E-state index contributed by atoms with van der Waals surface area (Å²) >= 11 is 0. The molecule has 0 saturated carbocycles. The van der Waals surface area contributed by atoms with Crippen LogP contribution in [0.4, 0.5) is 0 Å². The quantitative estimate of drug-likeness (QED) is 0.241. The highest BCUT2D eigenvalue weighted by molar-refractivity contribution is 6.35. The number of hydrazone groups is 2. The van der Waals surface area contributed by atoms with E-state index >= 15 is 0 Å². The van der Waals surface area contributed by atoms with E-state index in [1.54, 1.807) is 36.4 Å². The van der Waals surface area contributed by atoms with E-state index in [-0.39, 0.29) is 0 Å². The van der Waals surface area contributed by atoms with Gasteiger partial charge in [0.1, 0.15) is 11.5 Å². The Hall–Kier alpha value is -4.34. The van der Waals surface area contributed by atoms with Gasteiger partial charge in [-0.25, -0.2) is 10.9 Å². The van der Waals surface area contributed by atoms with Gasteiger partial charge in [-0.15, -0.1) is 0 Å². The first-order valence-corrected chi connectivity index (χ1v) is 8.57. The molecule has 2 amide bonds. The molecule has 0 radical (unpaired) electrons. The highest BCUT2D eigenvalue weighted by Crippen LogP contribution is 2.12. The van der Waals surface area contributed by atoms with Gasteiger partial charge in [0.25, 0.3) is 0 Å². The molecule has 10 nitrogen and oxygen atoms in total. The van der Waals surface area contributed by atoms with Crippen molar-refractivity contribution in [1.29, 1.82) is 0 Å². The average Bonchev–Trinajstić information content (AvgIpc) is 2.67. The van der Waals surface area contributed by atoms with Crippen LogP contribution in [-0.2, 0) is 19.2 Å². The molecule has 0 atom stereocenters. The lowest BCUT2D eigenvalue weighted by atomic mass is 10.2. The number of hydrogen-bond acceptors (Lipinski definition) is 8. The second kappa shape index (κ2) is 10.9. The Morgan fingerprint density at radius 2 is 1.13 bits per heavy atom. The Labute approximate surface area is 171 Å². The lowest BCUT2D eigenvalue weighted by Crippen LogP contribution is -2.35. The molecule has 30 heavy (non-hydrogen) atoms. The van der Waals surface area contributed by atoms with Crippen LogP contribution in [0.3, 0.4) is 0 Å². The number of rotatable bonds is 6. The van der Waals surface area contributed by atoms with Crippen molar-refractivity contribution in [2.24, 2.45) is 10.2 Å². The second-order valence-electron chi connectivity index (χ2n) is 5.73. The predicted octanol–water partition coefficient (Wildman–Crippen LogP) is 1.14. The van der Waals surface area contributed by atoms with E-state index in [0.29, 0.717) is 22.6 Å². The van der Waals surface area contributed by atoms with Crippen molar-refractivity contribution in [2.45, 2.75) is 13.8 Å². The van der Waals surface area contributed by atoms with Gasteiger partial charge in [0.15, 0.2) is 0 Å². The third kappa shape index (κ3) is 7.72. The number of nitrogens with zero attached hydrogens (tertiary/aromatic N) is 2. The Morgan fingerprint density at radius 1 is 0.733 bits per heavy atom. The van der Waals surface area contributed by atoms with Gasteiger partial charge in [-0.05, 0) is 35.4 Å². The van der Waals surface area contributed by atoms with Crippen molar-refractivity contribution in [1.82, 2.24) is 10.9 Å². The third-order valence-electron chi connectivity index (χ3n) is 3.21. The molecule has 0 fully saturated rings. The number of esters is 2. The van der Waals surface area contributed by atoms with Gasteiger partial charge < -0.3 is 9.47 Å². The zero-order valence-electron chi connectivity index (χ0n) is 16.1. The molecule has 2 aromatic carbocycles. The average molecular weight is 410 g/mol. The van der Waals surface area contributed by atoms with Crippen LogP contribution in [0.15, 0.2) is 58.7 Å². The van der Waals surface area contributed by atoms with Crippen molar-refractivity contribution in [3.05, 3.63) is 59.7 Å². The van der Waals surface area contributed by atoms with E-state index in [1.165, 1.54) is 38.4 Å². The highest BCUT2D eigenvalue weighted by Gasteiger charge is 2.11. The van der Waals surface area contributed by atoms with Gasteiger partial charge in [0.2, 0.25) is 0 Å². The topological polar surface area (TPSA) is 136 Å². The summed E-state index contributed by atoms with van der Waals surface area (Å²) in [7, 11) is 0. The van der Waals surface area contributed by atoms with E-state index in [4.69, 9.17) is 9.47 Å². The van der Waals surface area contributed by atoms with Crippen molar-refractivity contribution < 1.29 is 28.7 Å². The minimum Gasteiger partial charge on any atom is -0.427 e. The van der Waals surface area contributed by atoms with E-state index in [2.05, 4.69) is 10.2 Å². The normalized spacial score (nSPS) is 10.6. The van der Waals surface area contributed by atoms with Crippen LogP contribution < -0.4 is 20.3 Å². The minimum atomic E-state index is -1.03. The number of benzene rings is 2. The highest BCUT2D eigenvalue weighted by atomic mass is 16.5. The zero-order chi connectivity index (χ0) is 21.9. The van der Waals surface area contributed by atoms with Crippen LogP contribution in [-0.4, -0.2) is 36.2 Å². The maximum absolute atomic E-state index is 11.7. The summed E-state index contributed by atoms with van der Waals surface area (Å²) in [5.74, 6) is -2.35. The number of amides is 2. The van der Waals surface area contributed by atoms with Crippen molar-refractivity contribution >= 4 is 36.2 Å². The molecule has 0 unspecified atom stereocenters. The molecule has 0 spiro atoms. The van der Waals surface area contributed by atoms with Gasteiger partial charge >= 0.3 is 23.8 Å². The van der Waals surface area contributed by atoms with Gasteiger partial charge in [0.05, 0.1) is 12.4 Å². The van der Waals surface area contributed by atoms with Gasteiger partial charge in [0, 0.05) is 13.8 Å². The molecule has 0 aliphatic carbocycles. The number of nitrogens with one attached hydrogen (secondary N) is 2. The van der Waals surface area contributed by atoms with E-state index in [9.17, 15) is 19.2 Å². The molecule has 10 heteroatoms. The summed E-state index contributed by atoms with van der Waals surface area (Å²) in [6, 6.07) is 12.8. The van der Waals surface area contributed by atoms with Crippen LogP contribution in [0.2, 0.25) is 0 Å². The van der Waals surface area contributed by atoms with Gasteiger partial charge in [-0.1, -0.05) is 24.3 Å². The molecule has 0 bridgehead atoms. The molecule has 2 aromatic rings. The fourth-order valence-corrected chi connectivity index (χ4v) is 2.08. The Balaban J connectivity index is 1.86. The second-order valence-corrected chi connectivity index (χ2v) is 5.73. The van der Waals surface area contributed by atoms with Crippen LogP contribution in [0.25, 0.3) is 0 Å². The summed E-state index contributed by atoms with van der Waals surface area (Å²) in [5.41, 5.74) is 5.18. The number of hydrogen-bond donors (Lipinski definition) is 2. The van der Waals surface area contributed by atoms with E-state index in [1.807, 2.05) is 10.9 Å². The molecular formula is C20H18N4O6. The summed E-state index contributed by atoms with van der Waals surface area (Å²) < 4.78 is 9.87. The minimum absolute atomic E-state index is 0.322. The SMILES string of the molecule is CC(=O)Oc1cccc(/C=N\NC(=O)C(=O)N/N=C\c2cccc(OC(C)=O)c2)c1. The number of carbonyl (C=O) groups excluding carboxylic acids is 4. The molecule has 2 N–H and O–H groups in total. The van der Waals surface area contributed by atoms with Crippen molar-refractivity contribution in [3.8, 4) is 11.5 Å². The zero-order valence-corrected chi connectivity index (χ0v) is 16.1. The first-order valence-electron chi connectivity index (χ1n) is 8.57. The summed E-state index contributed by atoms with van der Waals surface area (Å²) in [4.78, 5) is 45.4. The molecule has 154 valence electrons. The summed E-state index contributed by atoms with van der Waals surface area (Å²) in [5, 5.41) is 7.32. The lowest BCUT2D eigenvalue weighted by Gasteiger charge is -2.02. The first-order chi connectivity index (χ1) is 14.3.